The third-order valence-electron chi connectivity index (χ3n) is 3.48. The highest BCUT2D eigenvalue weighted by Gasteiger charge is 2.24. The van der Waals surface area contributed by atoms with Crippen molar-refractivity contribution in [3.05, 3.63) is 65.1 Å². The Balaban J connectivity index is 1.89. The maximum absolute atomic E-state index is 13.3. The summed E-state index contributed by atoms with van der Waals surface area (Å²) in [7, 11) is 1.47. The second kappa shape index (κ2) is 7.49. The lowest BCUT2D eigenvalue weighted by molar-refractivity contribution is -0.129. The van der Waals surface area contributed by atoms with E-state index in [0.717, 1.165) is 0 Å². The van der Waals surface area contributed by atoms with Crippen molar-refractivity contribution in [2.24, 2.45) is 4.99 Å². The first-order valence-corrected chi connectivity index (χ1v) is 7.57. The number of benzene rings is 2. The molecule has 0 unspecified atom stereocenters. The molecule has 0 radical (unpaired) electrons. The molecular formula is C19H13FN2O4. The number of nitrogens with zero attached hydrogens (tertiary/aromatic N) is 2. The number of hydrogen-bond donors (Lipinski definition) is 0. The largest absolute Gasteiger partial charge is 0.493 e. The topological polar surface area (TPSA) is 80.9 Å². The fourth-order valence-electron chi connectivity index (χ4n) is 2.32. The molecular weight excluding hydrogens is 339 g/mol. The van der Waals surface area contributed by atoms with Crippen LogP contribution in [0.2, 0.25) is 0 Å². The Morgan fingerprint density at radius 2 is 2.12 bits per heavy atom. The molecule has 2 aromatic carbocycles. The van der Waals surface area contributed by atoms with Crippen molar-refractivity contribution in [1.82, 2.24) is 0 Å². The van der Waals surface area contributed by atoms with Gasteiger partial charge in [0.1, 0.15) is 11.9 Å². The van der Waals surface area contributed by atoms with E-state index in [2.05, 4.69) is 4.99 Å². The summed E-state index contributed by atoms with van der Waals surface area (Å²) in [5, 5.41) is 8.59. The molecule has 26 heavy (non-hydrogen) atoms. The monoisotopic (exact) mass is 352 g/mol. The van der Waals surface area contributed by atoms with Crippen LogP contribution in [-0.4, -0.2) is 25.6 Å². The highest BCUT2D eigenvalue weighted by atomic mass is 19.1. The molecule has 0 spiro atoms. The lowest BCUT2D eigenvalue weighted by atomic mass is 10.1. The van der Waals surface area contributed by atoms with Crippen LogP contribution in [0.4, 0.5) is 4.39 Å². The summed E-state index contributed by atoms with van der Waals surface area (Å²) in [5.74, 6) is -0.212. The summed E-state index contributed by atoms with van der Waals surface area (Å²) in [4.78, 5) is 16.1. The van der Waals surface area contributed by atoms with Gasteiger partial charge in [0.25, 0.3) is 0 Å². The Morgan fingerprint density at radius 1 is 1.27 bits per heavy atom. The molecule has 2 aromatic rings. The lowest BCUT2D eigenvalue weighted by Crippen LogP contribution is -2.05. The molecule has 6 nitrogen and oxygen atoms in total. The number of hydrogen-bond acceptors (Lipinski definition) is 6. The number of ether oxygens (including phenoxy) is 3. The summed E-state index contributed by atoms with van der Waals surface area (Å²) in [6.45, 7) is -0.107. The van der Waals surface area contributed by atoms with E-state index in [9.17, 15) is 9.18 Å². The zero-order valence-electron chi connectivity index (χ0n) is 13.7. The molecule has 0 aliphatic carbocycles. The van der Waals surface area contributed by atoms with E-state index >= 15 is 0 Å². The normalized spacial score (nSPS) is 14.6. The van der Waals surface area contributed by atoms with Crippen LogP contribution >= 0.6 is 0 Å². The predicted molar refractivity (Wildman–Crippen MR) is 91.1 cm³/mol. The van der Waals surface area contributed by atoms with Gasteiger partial charge >= 0.3 is 5.97 Å². The van der Waals surface area contributed by atoms with E-state index in [-0.39, 0.29) is 18.2 Å². The predicted octanol–water partition coefficient (Wildman–Crippen LogP) is 3.08. The van der Waals surface area contributed by atoms with E-state index in [1.165, 1.54) is 31.4 Å². The molecule has 0 N–H and O–H groups in total. The first-order chi connectivity index (χ1) is 12.6. The van der Waals surface area contributed by atoms with Crippen LogP contribution in [0.25, 0.3) is 6.08 Å². The third kappa shape index (κ3) is 3.70. The summed E-state index contributed by atoms with van der Waals surface area (Å²) in [6.07, 6.45) is 1.52. The minimum atomic E-state index is -0.631. The van der Waals surface area contributed by atoms with Crippen molar-refractivity contribution < 1.29 is 23.4 Å². The number of rotatable bonds is 5. The molecule has 0 atom stereocenters. The summed E-state index contributed by atoms with van der Waals surface area (Å²) in [6, 6.07) is 12.5. The van der Waals surface area contributed by atoms with Crippen LogP contribution < -0.4 is 9.47 Å². The maximum atomic E-state index is 13.3. The van der Waals surface area contributed by atoms with Crippen molar-refractivity contribution in [1.29, 1.82) is 5.26 Å². The second-order valence-corrected chi connectivity index (χ2v) is 5.20. The van der Waals surface area contributed by atoms with Gasteiger partial charge in [0.15, 0.2) is 23.8 Å². The molecule has 130 valence electrons. The first-order valence-electron chi connectivity index (χ1n) is 7.57. The van der Waals surface area contributed by atoms with Gasteiger partial charge in [-0.2, -0.15) is 5.26 Å². The summed E-state index contributed by atoms with van der Waals surface area (Å²) < 4.78 is 28.9. The number of carbonyl (C=O) groups excluding carboxylic acids is 1. The van der Waals surface area contributed by atoms with Crippen molar-refractivity contribution in [3.63, 3.8) is 0 Å². The second-order valence-electron chi connectivity index (χ2n) is 5.20. The van der Waals surface area contributed by atoms with Crippen LogP contribution in [-0.2, 0) is 9.53 Å². The van der Waals surface area contributed by atoms with Crippen molar-refractivity contribution >= 4 is 17.9 Å². The first kappa shape index (κ1) is 17.2. The average Bonchev–Trinajstić information content (AvgIpc) is 3.01. The molecule has 0 saturated carbocycles. The Labute approximate surface area is 148 Å². The molecule has 7 heteroatoms. The Bertz CT molecular complexity index is 960. The molecule has 1 aliphatic rings. The number of carbonyl (C=O) groups is 1. The molecule has 3 rings (SSSR count). The van der Waals surface area contributed by atoms with Gasteiger partial charge in [-0.3, -0.25) is 0 Å². The highest BCUT2D eigenvalue weighted by Crippen LogP contribution is 2.29. The van der Waals surface area contributed by atoms with Gasteiger partial charge in [-0.1, -0.05) is 12.1 Å². The number of esters is 1. The van der Waals surface area contributed by atoms with Crippen molar-refractivity contribution in [3.8, 4) is 17.6 Å². The molecule has 1 aliphatic heterocycles. The van der Waals surface area contributed by atoms with Crippen LogP contribution in [0, 0.1) is 17.1 Å². The number of nitriles is 1. The van der Waals surface area contributed by atoms with E-state index in [1.54, 1.807) is 24.3 Å². The quantitative estimate of drug-likeness (QED) is 0.610. The highest BCUT2D eigenvalue weighted by molar-refractivity contribution is 6.12. The molecule has 0 amide bonds. The number of cyclic esters (lactones) is 1. The average molecular weight is 352 g/mol. The molecule has 0 fully saturated rings. The van der Waals surface area contributed by atoms with Gasteiger partial charge in [0.2, 0.25) is 5.90 Å². The minimum absolute atomic E-state index is 0.0432. The van der Waals surface area contributed by atoms with Crippen molar-refractivity contribution in [2.45, 2.75) is 0 Å². The third-order valence-corrected chi connectivity index (χ3v) is 3.48. The number of methoxy groups -OCH3 is 1. The Kier molecular flexibility index (Phi) is 4.94. The van der Waals surface area contributed by atoms with Crippen LogP contribution in [0.15, 0.2) is 53.2 Å². The van der Waals surface area contributed by atoms with Gasteiger partial charge < -0.3 is 14.2 Å². The maximum Gasteiger partial charge on any atom is 0.363 e. The van der Waals surface area contributed by atoms with E-state index in [0.29, 0.717) is 22.6 Å². The fraction of sp³-hybridized carbons (Fsp3) is 0.105. The van der Waals surface area contributed by atoms with Gasteiger partial charge in [-0.05, 0) is 42.0 Å². The van der Waals surface area contributed by atoms with Gasteiger partial charge in [0, 0.05) is 5.56 Å². The van der Waals surface area contributed by atoms with E-state index in [4.69, 9.17) is 19.5 Å². The molecule has 0 aromatic heterocycles. The number of halogens is 1. The minimum Gasteiger partial charge on any atom is -0.493 e. The smallest absolute Gasteiger partial charge is 0.363 e. The summed E-state index contributed by atoms with van der Waals surface area (Å²) >= 11 is 0. The Morgan fingerprint density at radius 3 is 2.85 bits per heavy atom. The zero-order chi connectivity index (χ0) is 18.5. The molecule has 0 bridgehead atoms. The van der Waals surface area contributed by atoms with Gasteiger partial charge in [-0.15, -0.1) is 0 Å². The van der Waals surface area contributed by atoms with E-state index in [1.807, 2.05) is 6.07 Å². The van der Waals surface area contributed by atoms with E-state index < -0.39 is 11.8 Å². The standard InChI is InChI=1S/C19H13FN2O4/c1-24-17-10-12(5-6-16(17)25-8-7-21)9-15-19(23)26-18(22-15)13-3-2-4-14(20)11-13/h2-6,9-11H,8H2,1H3/b15-9+. The number of aliphatic imine (C=N–C) groups is 1. The molecule has 1 heterocycles. The summed E-state index contributed by atoms with van der Waals surface area (Å²) in [5.41, 5.74) is 1.08. The van der Waals surface area contributed by atoms with Crippen LogP contribution in [0.1, 0.15) is 11.1 Å². The van der Waals surface area contributed by atoms with Gasteiger partial charge in [-0.25, -0.2) is 14.2 Å². The Hall–Kier alpha value is -3.66. The zero-order valence-corrected chi connectivity index (χ0v) is 13.7. The SMILES string of the molecule is COc1cc(/C=C2/N=C(c3cccc(F)c3)OC2=O)ccc1OCC#N. The van der Waals surface area contributed by atoms with Gasteiger partial charge in [0.05, 0.1) is 7.11 Å². The van der Waals surface area contributed by atoms with Crippen molar-refractivity contribution in [2.75, 3.05) is 13.7 Å². The fourth-order valence-corrected chi connectivity index (χ4v) is 2.32. The van der Waals surface area contributed by atoms with Crippen LogP contribution in [0.3, 0.4) is 0 Å². The lowest BCUT2D eigenvalue weighted by Gasteiger charge is -2.08. The molecule has 0 saturated heterocycles. The van der Waals surface area contributed by atoms with Crippen LogP contribution in [0.5, 0.6) is 11.5 Å².